The molecule has 2 saturated heterocycles. The lowest BCUT2D eigenvalue weighted by molar-refractivity contribution is -0.136. The van der Waals surface area contributed by atoms with E-state index in [0.29, 0.717) is 25.3 Å². The summed E-state index contributed by atoms with van der Waals surface area (Å²) < 4.78 is 7.53. The van der Waals surface area contributed by atoms with Gasteiger partial charge in [-0.05, 0) is 66.0 Å². The molecule has 3 aliphatic rings. The number of anilines is 1. The second-order valence-electron chi connectivity index (χ2n) is 11.8. The van der Waals surface area contributed by atoms with Crippen molar-refractivity contribution in [2.75, 3.05) is 18.4 Å². The maximum absolute atomic E-state index is 13.4. The maximum Gasteiger partial charge on any atom is 0.410 e. The van der Waals surface area contributed by atoms with Gasteiger partial charge in [0.25, 0.3) is 11.8 Å². The highest BCUT2D eigenvalue weighted by Gasteiger charge is 2.45. The van der Waals surface area contributed by atoms with E-state index in [9.17, 15) is 24.0 Å². The Morgan fingerprint density at radius 3 is 2.44 bits per heavy atom. The van der Waals surface area contributed by atoms with E-state index in [1.165, 1.54) is 0 Å². The number of likely N-dealkylation sites (tertiary alicyclic amines) is 1. The number of carbonyl (C=O) groups excluding carboxylic acids is 5. The standard InChI is InChI=1S/C29H36N6O6/c1-16-20(17(2)35(32-16)18-11-13-33(14-12-18)28(40)41-29(3,4)5)15-30-21-8-6-7-19-24(21)27(39)34(26(19)38)22-9-10-23(36)31-25(22)37/h6-8,18,22,30H,9-15H2,1-5H3,(H,31,36,37). The minimum atomic E-state index is -1.02. The number of fused-ring (bicyclic) bond motifs is 1. The molecule has 0 aliphatic carbocycles. The topological polar surface area (TPSA) is 143 Å². The summed E-state index contributed by atoms with van der Waals surface area (Å²) in [6, 6.07) is 4.13. The number of hydrogen-bond donors (Lipinski definition) is 2. The van der Waals surface area contributed by atoms with E-state index in [-0.39, 0.29) is 36.1 Å². The van der Waals surface area contributed by atoms with E-state index < -0.39 is 35.3 Å². The van der Waals surface area contributed by atoms with E-state index in [1.807, 2.05) is 39.3 Å². The predicted molar refractivity (Wildman–Crippen MR) is 148 cm³/mol. The first-order chi connectivity index (χ1) is 19.4. The monoisotopic (exact) mass is 564 g/mol. The number of amides is 5. The van der Waals surface area contributed by atoms with Crippen molar-refractivity contribution in [3.05, 3.63) is 46.3 Å². The lowest BCUT2D eigenvalue weighted by atomic mass is 10.0. The third kappa shape index (κ3) is 5.42. The number of nitrogens with zero attached hydrogens (tertiary/aromatic N) is 4. The van der Waals surface area contributed by atoms with E-state index in [1.54, 1.807) is 23.1 Å². The zero-order valence-electron chi connectivity index (χ0n) is 24.1. The largest absolute Gasteiger partial charge is 0.444 e. The Bertz CT molecular complexity index is 1430. The summed E-state index contributed by atoms with van der Waals surface area (Å²) in [5, 5.41) is 10.3. The van der Waals surface area contributed by atoms with Crippen LogP contribution in [0, 0.1) is 13.8 Å². The van der Waals surface area contributed by atoms with Crippen LogP contribution in [0.2, 0.25) is 0 Å². The minimum absolute atomic E-state index is 0.0670. The van der Waals surface area contributed by atoms with Crippen LogP contribution in [0.4, 0.5) is 10.5 Å². The Hall–Kier alpha value is -4.22. The van der Waals surface area contributed by atoms with Crippen molar-refractivity contribution in [3.63, 3.8) is 0 Å². The van der Waals surface area contributed by atoms with E-state index >= 15 is 0 Å². The summed E-state index contributed by atoms with van der Waals surface area (Å²) in [6.07, 6.45) is 1.39. The fourth-order valence-corrected chi connectivity index (χ4v) is 5.77. The molecule has 0 radical (unpaired) electrons. The molecular weight excluding hydrogens is 528 g/mol. The summed E-state index contributed by atoms with van der Waals surface area (Å²) in [4.78, 5) is 65.7. The SMILES string of the molecule is Cc1nn(C2CCN(C(=O)OC(C)(C)C)CC2)c(C)c1CNc1cccc2c1C(=O)N(C1CCC(=O)NC1=O)C2=O. The summed E-state index contributed by atoms with van der Waals surface area (Å²) in [6.45, 7) is 11.1. The molecule has 0 spiro atoms. The summed E-state index contributed by atoms with van der Waals surface area (Å²) in [5.74, 6) is -2.14. The van der Waals surface area contributed by atoms with Crippen molar-refractivity contribution in [1.29, 1.82) is 0 Å². The van der Waals surface area contributed by atoms with Crippen LogP contribution in [-0.4, -0.2) is 74.0 Å². The molecule has 4 heterocycles. The Kier molecular flexibility index (Phi) is 7.35. The van der Waals surface area contributed by atoms with Crippen molar-refractivity contribution < 1.29 is 28.7 Å². The lowest BCUT2D eigenvalue weighted by Crippen LogP contribution is -2.54. The normalized spacial score (nSPS) is 19.9. The number of piperidine rings is 2. The lowest BCUT2D eigenvalue weighted by Gasteiger charge is -2.34. The summed E-state index contributed by atoms with van der Waals surface area (Å²) in [5.41, 5.74) is 3.23. The fourth-order valence-electron chi connectivity index (χ4n) is 5.77. The zero-order valence-corrected chi connectivity index (χ0v) is 24.1. The molecule has 1 aromatic carbocycles. The van der Waals surface area contributed by atoms with Gasteiger partial charge in [-0.1, -0.05) is 6.07 Å². The van der Waals surface area contributed by atoms with Crippen LogP contribution in [0.5, 0.6) is 0 Å². The van der Waals surface area contributed by atoms with Gasteiger partial charge < -0.3 is 15.0 Å². The minimum Gasteiger partial charge on any atom is -0.444 e. The van der Waals surface area contributed by atoms with Crippen LogP contribution in [0.25, 0.3) is 0 Å². The fraction of sp³-hybridized carbons (Fsp3) is 0.517. The predicted octanol–water partition coefficient (Wildman–Crippen LogP) is 3.09. The number of aromatic nitrogens is 2. The average molecular weight is 565 g/mol. The number of carbonyl (C=O) groups is 5. The summed E-state index contributed by atoms with van der Waals surface area (Å²) >= 11 is 0. The van der Waals surface area contributed by atoms with E-state index in [4.69, 9.17) is 9.84 Å². The van der Waals surface area contributed by atoms with Gasteiger partial charge in [0.15, 0.2) is 0 Å². The second kappa shape index (κ2) is 10.6. The molecule has 12 heteroatoms. The Morgan fingerprint density at radius 2 is 1.78 bits per heavy atom. The second-order valence-corrected chi connectivity index (χ2v) is 11.8. The van der Waals surface area contributed by atoms with Gasteiger partial charge in [-0.25, -0.2) is 4.79 Å². The number of ether oxygens (including phenoxy) is 1. The molecular formula is C29H36N6O6. The van der Waals surface area contributed by atoms with Crippen molar-refractivity contribution in [3.8, 4) is 0 Å². The molecule has 5 rings (SSSR count). The first kappa shape index (κ1) is 28.3. The average Bonchev–Trinajstić information content (AvgIpc) is 3.33. The van der Waals surface area contributed by atoms with Crippen LogP contribution in [0.15, 0.2) is 18.2 Å². The zero-order chi connectivity index (χ0) is 29.6. The van der Waals surface area contributed by atoms with Gasteiger partial charge in [-0.15, -0.1) is 0 Å². The van der Waals surface area contributed by atoms with Crippen molar-refractivity contribution in [1.82, 2.24) is 24.9 Å². The van der Waals surface area contributed by atoms with E-state index in [2.05, 4.69) is 10.6 Å². The molecule has 1 aromatic heterocycles. The van der Waals surface area contributed by atoms with Gasteiger partial charge in [-0.3, -0.25) is 34.1 Å². The maximum atomic E-state index is 13.4. The van der Waals surface area contributed by atoms with Crippen LogP contribution in [0.3, 0.4) is 0 Å². The van der Waals surface area contributed by atoms with Gasteiger partial charge >= 0.3 is 6.09 Å². The molecule has 3 aliphatic heterocycles. The molecule has 218 valence electrons. The Labute approximate surface area is 238 Å². The van der Waals surface area contributed by atoms with Crippen LogP contribution >= 0.6 is 0 Å². The van der Waals surface area contributed by atoms with Gasteiger partial charge in [-0.2, -0.15) is 5.10 Å². The number of benzene rings is 1. The Morgan fingerprint density at radius 1 is 1.07 bits per heavy atom. The van der Waals surface area contributed by atoms with Crippen molar-refractivity contribution in [2.24, 2.45) is 0 Å². The van der Waals surface area contributed by atoms with Crippen molar-refractivity contribution >= 4 is 35.4 Å². The number of nitrogens with one attached hydrogen (secondary N) is 2. The number of hydrogen-bond acceptors (Lipinski definition) is 8. The third-order valence-electron chi connectivity index (χ3n) is 7.86. The van der Waals surface area contributed by atoms with Gasteiger partial charge in [0, 0.05) is 43.0 Å². The highest BCUT2D eigenvalue weighted by Crippen LogP contribution is 2.33. The van der Waals surface area contributed by atoms with Gasteiger partial charge in [0.2, 0.25) is 11.8 Å². The number of imide groups is 2. The first-order valence-corrected chi connectivity index (χ1v) is 14.0. The van der Waals surface area contributed by atoms with E-state index in [0.717, 1.165) is 34.7 Å². The molecule has 5 amide bonds. The quantitative estimate of drug-likeness (QED) is 0.528. The number of rotatable bonds is 5. The first-order valence-electron chi connectivity index (χ1n) is 14.0. The molecule has 0 saturated carbocycles. The Balaban J connectivity index is 1.28. The van der Waals surface area contributed by atoms with Gasteiger partial charge in [0.05, 0.1) is 22.9 Å². The van der Waals surface area contributed by atoms with Crippen LogP contribution in [-0.2, 0) is 20.9 Å². The molecule has 1 atom stereocenters. The smallest absolute Gasteiger partial charge is 0.410 e. The molecule has 2 fully saturated rings. The highest BCUT2D eigenvalue weighted by molar-refractivity contribution is 6.25. The molecule has 1 unspecified atom stereocenters. The summed E-state index contributed by atoms with van der Waals surface area (Å²) in [7, 11) is 0. The van der Waals surface area contributed by atoms with Crippen LogP contribution < -0.4 is 10.6 Å². The third-order valence-corrected chi connectivity index (χ3v) is 7.86. The number of aryl methyl sites for hydroxylation is 1. The molecule has 12 nitrogen and oxygen atoms in total. The van der Waals surface area contributed by atoms with Crippen LogP contribution in [0.1, 0.15) is 90.2 Å². The molecule has 0 bridgehead atoms. The highest BCUT2D eigenvalue weighted by atomic mass is 16.6. The molecule has 2 N–H and O–H groups in total. The molecule has 41 heavy (non-hydrogen) atoms. The van der Waals surface area contributed by atoms with Gasteiger partial charge in [0.1, 0.15) is 11.6 Å². The van der Waals surface area contributed by atoms with Crippen molar-refractivity contribution in [2.45, 2.75) is 84.5 Å². The molecule has 2 aromatic rings.